The first-order valence-electron chi connectivity index (χ1n) is 8.40. The highest BCUT2D eigenvalue weighted by molar-refractivity contribution is 5.88. The van der Waals surface area contributed by atoms with Gasteiger partial charge in [0.05, 0.1) is 11.7 Å². The maximum Gasteiger partial charge on any atom is 0.410 e. The molecule has 8 nitrogen and oxygen atoms in total. The summed E-state index contributed by atoms with van der Waals surface area (Å²) in [6, 6.07) is 1.59. The van der Waals surface area contributed by atoms with Gasteiger partial charge in [0.25, 0.3) is 0 Å². The first-order chi connectivity index (χ1) is 11.8. The fourth-order valence-corrected chi connectivity index (χ4v) is 2.95. The van der Waals surface area contributed by atoms with Crippen LogP contribution in [0.4, 0.5) is 22.0 Å². The number of carbonyl (C=O) groups is 2. The van der Waals surface area contributed by atoms with Gasteiger partial charge in [0.15, 0.2) is 0 Å². The summed E-state index contributed by atoms with van der Waals surface area (Å²) in [5, 5.41) is 2.99. The van der Waals surface area contributed by atoms with Crippen LogP contribution in [0.2, 0.25) is 0 Å². The van der Waals surface area contributed by atoms with Crippen LogP contribution in [-0.4, -0.2) is 54.2 Å². The molecule has 8 heteroatoms. The van der Waals surface area contributed by atoms with Gasteiger partial charge in [-0.1, -0.05) is 0 Å². The number of pyridine rings is 1. The monoisotopic (exact) mass is 349 g/mol. The number of amides is 2. The first-order valence-corrected chi connectivity index (χ1v) is 8.40. The predicted molar refractivity (Wildman–Crippen MR) is 97.6 cm³/mol. The molecule has 3 N–H and O–H groups in total. The number of nitrogens with two attached hydrogens (primary N) is 1. The zero-order valence-electron chi connectivity index (χ0n) is 15.3. The Morgan fingerprint density at radius 2 is 2.24 bits per heavy atom. The van der Waals surface area contributed by atoms with E-state index >= 15 is 0 Å². The van der Waals surface area contributed by atoms with Crippen molar-refractivity contribution in [1.29, 1.82) is 0 Å². The van der Waals surface area contributed by atoms with Crippen LogP contribution in [0.5, 0.6) is 0 Å². The highest BCUT2D eigenvalue weighted by atomic mass is 16.6. The van der Waals surface area contributed by atoms with E-state index in [1.54, 1.807) is 29.1 Å². The molecule has 25 heavy (non-hydrogen) atoms. The maximum atomic E-state index is 12.3. The molecule has 1 aromatic rings. The third-order valence-corrected chi connectivity index (χ3v) is 4.04. The highest BCUT2D eigenvalue weighted by Crippen LogP contribution is 2.32. The van der Waals surface area contributed by atoms with Gasteiger partial charge in [-0.25, -0.2) is 9.78 Å². The number of nitrogens with one attached hydrogen (secondary N) is 1. The Morgan fingerprint density at radius 1 is 1.52 bits per heavy atom. The molecule has 1 saturated heterocycles. The van der Waals surface area contributed by atoms with Crippen molar-refractivity contribution in [1.82, 2.24) is 9.88 Å². The number of hydrogen-bond donors (Lipinski definition) is 2. The summed E-state index contributed by atoms with van der Waals surface area (Å²) in [4.78, 5) is 31.4. The van der Waals surface area contributed by atoms with E-state index in [4.69, 9.17) is 10.5 Å². The molecule has 0 saturated carbocycles. The van der Waals surface area contributed by atoms with Gasteiger partial charge < -0.3 is 25.6 Å². The zero-order valence-corrected chi connectivity index (χ0v) is 15.3. The number of rotatable bonds is 4. The molecule has 2 rings (SSSR count). The zero-order chi connectivity index (χ0) is 18.6. The predicted octanol–water partition coefficient (Wildman–Crippen LogP) is 2.07. The van der Waals surface area contributed by atoms with Crippen molar-refractivity contribution in [2.75, 3.05) is 36.1 Å². The number of carbonyl (C=O) groups excluding carboxylic acids is 2. The molecular weight excluding hydrogens is 322 g/mol. The van der Waals surface area contributed by atoms with Crippen molar-refractivity contribution >= 4 is 29.7 Å². The number of likely N-dealkylation sites (tertiary alicyclic amines) is 1. The Morgan fingerprint density at radius 3 is 2.84 bits per heavy atom. The first kappa shape index (κ1) is 18.8. The minimum atomic E-state index is -0.548. The third kappa shape index (κ3) is 4.52. The molecule has 1 unspecified atom stereocenters. The molecular formula is C17H27N5O3. The maximum absolute atomic E-state index is 12.3. The van der Waals surface area contributed by atoms with Crippen LogP contribution in [0, 0.1) is 0 Å². The normalized spacial score (nSPS) is 17.8. The average molecular weight is 349 g/mol. The van der Waals surface area contributed by atoms with Gasteiger partial charge in [0.2, 0.25) is 6.41 Å². The number of ether oxygens (including phenoxy) is 1. The summed E-state index contributed by atoms with van der Waals surface area (Å²) in [5.74, 6) is 0.326. The minimum absolute atomic E-state index is 0.146. The average Bonchev–Trinajstić information content (AvgIpc) is 2.54. The second-order valence-corrected chi connectivity index (χ2v) is 7.08. The molecule has 0 aliphatic carbocycles. The molecule has 0 aromatic carbocycles. The lowest BCUT2D eigenvalue weighted by Gasteiger charge is -2.38. The van der Waals surface area contributed by atoms with Crippen molar-refractivity contribution in [3.05, 3.63) is 12.3 Å². The number of nitrogens with zero attached hydrogens (tertiary/aromatic N) is 3. The largest absolute Gasteiger partial charge is 0.444 e. The topological polar surface area (TPSA) is 101 Å². The fraction of sp³-hybridized carbons (Fsp3) is 0.588. The van der Waals surface area contributed by atoms with Crippen molar-refractivity contribution in [3.8, 4) is 0 Å². The summed E-state index contributed by atoms with van der Waals surface area (Å²) in [5.41, 5.74) is 6.60. The Bertz CT molecular complexity index is 629. The molecule has 1 aliphatic heterocycles. The van der Waals surface area contributed by atoms with Gasteiger partial charge in [-0.2, -0.15) is 0 Å². The quantitative estimate of drug-likeness (QED) is 0.807. The molecule has 2 amide bonds. The van der Waals surface area contributed by atoms with Crippen molar-refractivity contribution in [2.45, 2.75) is 45.3 Å². The van der Waals surface area contributed by atoms with E-state index in [-0.39, 0.29) is 12.1 Å². The van der Waals surface area contributed by atoms with E-state index in [9.17, 15) is 9.59 Å². The van der Waals surface area contributed by atoms with Crippen LogP contribution >= 0.6 is 0 Å². The summed E-state index contributed by atoms with van der Waals surface area (Å²) in [7, 11) is 1.73. The summed E-state index contributed by atoms with van der Waals surface area (Å²) in [6.45, 7) is 6.55. The minimum Gasteiger partial charge on any atom is -0.444 e. The van der Waals surface area contributed by atoms with Gasteiger partial charge in [-0.15, -0.1) is 0 Å². The van der Waals surface area contributed by atoms with E-state index in [0.29, 0.717) is 30.3 Å². The fourth-order valence-electron chi connectivity index (χ4n) is 2.95. The third-order valence-electron chi connectivity index (χ3n) is 4.04. The molecule has 2 heterocycles. The number of nitrogen functional groups attached to an aromatic ring is 1. The van der Waals surface area contributed by atoms with Crippen LogP contribution in [-0.2, 0) is 9.53 Å². The van der Waals surface area contributed by atoms with E-state index in [1.807, 2.05) is 20.8 Å². The number of hydrogen-bond acceptors (Lipinski definition) is 6. The number of piperidine rings is 1. The molecule has 0 radical (unpaired) electrons. The van der Waals surface area contributed by atoms with E-state index in [1.165, 1.54) is 0 Å². The van der Waals surface area contributed by atoms with Gasteiger partial charge in [-0.05, 0) is 39.7 Å². The lowest BCUT2D eigenvalue weighted by atomic mass is 10.0. The molecule has 1 atom stereocenters. The Kier molecular flexibility index (Phi) is 5.71. The summed E-state index contributed by atoms with van der Waals surface area (Å²) in [6.07, 6.45) is 3.58. The van der Waals surface area contributed by atoms with E-state index in [2.05, 4.69) is 10.3 Å². The SMILES string of the molecule is CNc1c(N(C=O)C2CCCN(C(=O)OC(C)(C)C)C2)ccnc1N. The molecule has 0 bridgehead atoms. The van der Waals surface area contributed by atoms with Crippen LogP contribution in [0.25, 0.3) is 0 Å². The standard InChI is InChI=1S/C17H27N5O3/c1-17(2,3)25-16(24)21-9-5-6-12(10-21)22(11-23)13-7-8-20-15(18)14(13)19-4/h7-8,11-12,19H,5-6,9-10H2,1-4H3,(H2,18,20). The van der Waals surface area contributed by atoms with Crippen LogP contribution < -0.4 is 16.0 Å². The lowest BCUT2D eigenvalue weighted by molar-refractivity contribution is -0.108. The van der Waals surface area contributed by atoms with E-state index < -0.39 is 5.60 Å². The second kappa shape index (κ2) is 7.58. The van der Waals surface area contributed by atoms with Gasteiger partial charge in [0, 0.05) is 26.3 Å². The van der Waals surface area contributed by atoms with Crippen molar-refractivity contribution in [3.63, 3.8) is 0 Å². The second-order valence-electron chi connectivity index (χ2n) is 7.08. The Balaban J connectivity index is 2.20. The summed E-state index contributed by atoms with van der Waals surface area (Å²) >= 11 is 0. The highest BCUT2D eigenvalue weighted by Gasteiger charge is 2.31. The smallest absolute Gasteiger partial charge is 0.410 e. The van der Waals surface area contributed by atoms with Gasteiger partial charge in [-0.3, -0.25) is 4.79 Å². The molecule has 138 valence electrons. The van der Waals surface area contributed by atoms with Crippen molar-refractivity contribution in [2.24, 2.45) is 0 Å². The molecule has 0 spiro atoms. The molecule has 1 fully saturated rings. The van der Waals surface area contributed by atoms with E-state index in [0.717, 1.165) is 19.3 Å². The number of anilines is 3. The van der Waals surface area contributed by atoms with Crippen LogP contribution in [0.1, 0.15) is 33.6 Å². The van der Waals surface area contributed by atoms with Crippen LogP contribution in [0.3, 0.4) is 0 Å². The Hall–Kier alpha value is -2.51. The van der Waals surface area contributed by atoms with Crippen LogP contribution in [0.15, 0.2) is 12.3 Å². The molecule has 1 aliphatic rings. The van der Waals surface area contributed by atoms with Gasteiger partial charge in [0.1, 0.15) is 17.1 Å². The van der Waals surface area contributed by atoms with Crippen molar-refractivity contribution < 1.29 is 14.3 Å². The number of aromatic nitrogens is 1. The van der Waals surface area contributed by atoms with Gasteiger partial charge >= 0.3 is 6.09 Å². The lowest BCUT2D eigenvalue weighted by Crippen LogP contribution is -2.50. The summed E-state index contributed by atoms with van der Waals surface area (Å²) < 4.78 is 5.45. The Labute approximate surface area is 148 Å². The molecule has 1 aromatic heterocycles.